The number of aliphatic carboxylic acids is 2. The number of hydrogen-bond donors (Lipinski definition) is 2. The summed E-state index contributed by atoms with van der Waals surface area (Å²) >= 11 is 0. The molecule has 172 valence electrons. The minimum Gasteiger partial charge on any atom is -0.473 e. The lowest BCUT2D eigenvalue weighted by Crippen LogP contribution is -2.39. The van der Waals surface area contributed by atoms with Gasteiger partial charge in [-0.2, -0.15) is 0 Å². The van der Waals surface area contributed by atoms with Gasteiger partial charge in [0.1, 0.15) is 23.2 Å². The van der Waals surface area contributed by atoms with E-state index in [4.69, 9.17) is 19.8 Å². The Morgan fingerprint density at radius 3 is 1.15 bits per heavy atom. The van der Waals surface area contributed by atoms with Crippen molar-refractivity contribution in [2.75, 3.05) is 0 Å². The average molecular weight is 464 g/mol. The van der Waals surface area contributed by atoms with Gasteiger partial charge in [0, 0.05) is 0 Å². The second-order valence-electron chi connectivity index (χ2n) is 8.34. The summed E-state index contributed by atoms with van der Waals surface area (Å²) in [7, 11) is -1.68. The number of carboxylic acids is 2. The molecule has 1 fully saturated rings. The highest BCUT2D eigenvalue weighted by Crippen LogP contribution is 2.62. The Bertz CT molecular complexity index is 889. The van der Waals surface area contributed by atoms with Crippen molar-refractivity contribution in [3.63, 3.8) is 0 Å². The van der Waals surface area contributed by atoms with Gasteiger partial charge in [-0.05, 0) is 62.1 Å². The van der Waals surface area contributed by atoms with Gasteiger partial charge in [0.15, 0.2) is 0 Å². The first-order valence-corrected chi connectivity index (χ1v) is 13.4. The Hall–Kier alpha value is -2.97. The number of hydrogen-bond acceptors (Lipinski definition) is 2. The molecule has 0 amide bonds. The average Bonchev–Trinajstić information content (AvgIpc) is 2.83. The van der Waals surface area contributed by atoms with Crippen molar-refractivity contribution < 1.29 is 19.8 Å². The molecule has 4 rings (SSSR count). The van der Waals surface area contributed by atoms with E-state index in [0.29, 0.717) is 0 Å². The third-order valence-electron chi connectivity index (χ3n) is 6.30. The van der Waals surface area contributed by atoms with Crippen LogP contribution in [0.4, 0.5) is 0 Å². The first-order valence-electron chi connectivity index (χ1n) is 11.6. The molecule has 5 heteroatoms. The summed E-state index contributed by atoms with van der Waals surface area (Å²) < 4.78 is 0. The van der Waals surface area contributed by atoms with Gasteiger partial charge >= 0.3 is 11.9 Å². The Kier molecular flexibility index (Phi) is 9.21. The SMILES string of the molecule is O=C(O)C(=O)O.c1ccc([P+](c2ccccc2)(c2ccccc2)C2CCCCCCC2)cc1. The van der Waals surface area contributed by atoms with Gasteiger partial charge in [0.25, 0.3) is 0 Å². The molecule has 4 nitrogen and oxygen atoms in total. The second-order valence-corrected chi connectivity index (χ2v) is 12.1. The van der Waals surface area contributed by atoms with E-state index in [9.17, 15) is 0 Å². The van der Waals surface area contributed by atoms with Crippen molar-refractivity contribution in [1.82, 2.24) is 0 Å². The Morgan fingerprint density at radius 2 is 0.848 bits per heavy atom. The lowest BCUT2D eigenvalue weighted by Gasteiger charge is -2.35. The van der Waals surface area contributed by atoms with E-state index < -0.39 is 19.2 Å². The fourth-order valence-electron chi connectivity index (χ4n) is 4.89. The van der Waals surface area contributed by atoms with Crippen molar-refractivity contribution in [2.24, 2.45) is 0 Å². The van der Waals surface area contributed by atoms with Crippen LogP contribution in [0.5, 0.6) is 0 Å². The van der Waals surface area contributed by atoms with E-state index >= 15 is 0 Å². The van der Waals surface area contributed by atoms with Gasteiger partial charge in [0.05, 0.1) is 5.66 Å². The standard InChI is InChI=1S/C26H30P.C2H2O4/c1-2-7-15-23(16-8-3-1)27(24-17-9-4-10-18-24,25-19-11-5-12-20-25)26-21-13-6-14-22-26;3-1(4)2(5)6/h4-6,9-14,17-23H,1-3,7-8,15-16H2;(H,3,4)(H,5,6)/q+1;. The molecule has 3 aromatic rings. The van der Waals surface area contributed by atoms with E-state index in [2.05, 4.69) is 91.0 Å². The maximum absolute atomic E-state index is 9.10. The summed E-state index contributed by atoms with van der Waals surface area (Å²) in [6.07, 6.45) is 9.67. The third kappa shape index (κ3) is 6.09. The van der Waals surface area contributed by atoms with E-state index in [1.807, 2.05) is 0 Å². The molecule has 0 saturated heterocycles. The molecule has 1 aliphatic carbocycles. The molecule has 3 aromatic carbocycles. The van der Waals surface area contributed by atoms with Crippen LogP contribution in [-0.2, 0) is 9.59 Å². The molecule has 0 heterocycles. The van der Waals surface area contributed by atoms with Crippen molar-refractivity contribution in [3.8, 4) is 0 Å². The first-order chi connectivity index (χ1) is 16.1. The quantitative estimate of drug-likeness (QED) is 0.409. The van der Waals surface area contributed by atoms with Crippen LogP contribution < -0.4 is 15.9 Å². The first kappa shape index (κ1) is 24.7. The summed E-state index contributed by atoms with van der Waals surface area (Å²) in [5, 5.41) is 19.4. The van der Waals surface area contributed by atoms with Crippen LogP contribution in [-0.4, -0.2) is 27.8 Å². The normalized spacial score (nSPS) is 14.8. The van der Waals surface area contributed by atoms with Crippen LogP contribution in [0.25, 0.3) is 0 Å². The lowest BCUT2D eigenvalue weighted by molar-refractivity contribution is -0.159. The van der Waals surface area contributed by atoms with E-state index in [1.54, 1.807) is 15.9 Å². The Balaban J connectivity index is 0.000000454. The molecule has 0 spiro atoms. The van der Waals surface area contributed by atoms with Gasteiger partial charge in [-0.25, -0.2) is 9.59 Å². The van der Waals surface area contributed by atoms with Crippen LogP contribution in [0, 0.1) is 0 Å². The Labute approximate surface area is 196 Å². The van der Waals surface area contributed by atoms with Gasteiger partial charge in [-0.15, -0.1) is 0 Å². The molecule has 33 heavy (non-hydrogen) atoms. The fraction of sp³-hybridized carbons (Fsp3) is 0.286. The highest BCUT2D eigenvalue weighted by atomic mass is 31.2. The Morgan fingerprint density at radius 1 is 0.545 bits per heavy atom. The zero-order valence-corrected chi connectivity index (χ0v) is 19.7. The van der Waals surface area contributed by atoms with E-state index in [1.165, 1.54) is 44.9 Å². The maximum Gasteiger partial charge on any atom is 0.414 e. The molecule has 0 unspecified atom stereocenters. The molecule has 2 N–H and O–H groups in total. The summed E-state index contributed by atoms with van der Waals surface area (Å²) in [6.45, 7) is 0. The van der Waals surface area contributed by atoms with Crippen molar-refractivity contribution in [3.05, 3.63) is 91.0 Å². The second kappa shape index (κ2) is 12.3. The molecular formula is C28H32O4P+. The van der Waals surface area contributed by atoms with Crippen molar-refractivity contribution >= 4 is 35.1 Å². The van der Waals surface area contributed by atoms with E-state index in [-0.39, 0.29) is 0 Å². The van der Waals surface area contributed by atoms with Crippen LogP contribution in [0.3, 0.4) is 0 Å². The predicted molar refractivity (Wildman–Crippen MR) is 137 cm³/mol. The van der Waals surface area contributed by atoms with Crippen LogP contribution in [0.15, 0.2) is 91.0 Å². The van der Waals surface area contributed by atoms with Gasteiger partial charge < -0.3 is 10.2 Å². The third-order valence-corrected chi connectivity index (χ3v) is 11.2. The maximum atomic E-state index is 9.10. The number of carbonyl (C=O) groups is 2. The number of carboxylic acid groups (broad SMARTS) is 2. The zero-order chi connectivity index (χ0) is 23.5. The molecule has 1 aliphatic rings. The van der Waals surface area contributed by atoms with Gasteiger partial charge in [-0.3, -0.25) is 0 Å². The zero-order valence-electron chi connectivity index (χ0n) is 18.8. The topological polar surface area (TPSA) is 74.6 Å². The monoisotopic (exact) mass is 463 g/mol. The summed E-state index contributed by atoms with van der Waals surface area (Å²) in [5.74, 6) is -3.65. The highest BCUT2D eigenvalue weighted by Gasteiger charge is 2.51. The molecule has 0 bridgehead atoms. The summed E-state index contributed by atoms with van der Waals surface area (Å²) in [6, 6.07) is 34.3. The molecule has 1 saturated carbocycles. The highest BCUT2D eigenvalue weighted by molar-refractivity contribution is 7.96. The van der Waals surface area contributed by atoms with Gasteiger partial charge in [0.2, 0.25) is 0 Å². The van der Waals surface area contributed by atoms with Crippen LogP contribution in [0.2, 0.25) is 0 Å². The van der Waals surface area contributed by atoms with Crippen LogP contribution >= 0.6 is 7.26 Å². The minimum absolute atomic E-state index is 0.741. The molecule has 0 radical (unpaired) electrons. The summed E-state index contributed by atoms with van der Waals surface area (Å²) in [4.78, 5) is 18.2. The minimum atomic E-state index is -1.82. The summed E-state index contributed by atoms with van der Waals surface area (Å²) in [5.41, 5.74) is 0.741. The molecule has 0 aromatic heterocycles. The van der Waals surface area contributed by atoms with Crippen molar-refractivity contribution in [1.29, 1.82) is 0 Å². The molecular weight excluding hydrogens is 431 g/mol. The predicted octanol–water partition coefficient (Wildman–Crippen LogP) is 5.25. The smallest absolute Gasteiger partial charge is 0.414 e. The largest absolute Gasteiger partial charge is 0.473 e. The van der Waals surface area contributed by atoms with Crippen molar-refractivity contribution in [2.45, 2.75) is 50.6 Å². The van der Waals surface area contributed by atoms with Crippen LogP contribution in [0.1, 0.15) is 44.9 Å². The lowest BCUT2D eigenvalue weighted by atomic mass is 10.0. The fourth-order valence-corrected chi connectivity index (χ4v) is 10.1. The van der Waals surface area contributed by atoms with Gasteiger partial charge in [-0.1, -0.05) is 73.9 Å². The molecule has 0 atom stereocenters. The van der Waals surface area contributed by atoms with E-state index in [0.717, 1.165) is 5.66 Å². The number of benzene rings is 3. The number of rotatable bonds is 4. The molecule has 0 aliphatic heterocycles.